The normalized spacial score (nSPS) is 4.92. The predicted molar refractivity (Wildman–Crippen MR) is 25.4 cm³/mol. The van der Waals surface area contributed by atoms with Crippen LogP contribution in [-0.2, 0) is 25.6 Å². The van der Waals surface area contributed by atoms with Crippen molar-refractivity contribution >= 4 is 7.82 Å². The molecule has 0 fully saturated rings. The fraction of sp³-hybridized carbons (Fsp3) is 0. The van der Waals surface area contributed by atoms with E-state index in [1.54, 1.807) is 0 Å². The van der Waals surface area contributed by atoms with Crippen LogP contribution in [-0.4, -0.2) is 36.6 Å². The second-order valence-electron chi connectivity index (χ2n) is 0.513. The molecule has 8 nitrogen and oxygen atoms in total. The van der Waals surface area contributed by atoms with Gasteiger partial charge in [-0.15, -0.1) is 0 Å². The van der Waals surface area contributed by atoms with E-state index >= 15 is 0 Å². The van der Waals surface area contributed by atoms with E-state index in [0.29, 0.717) is 0 Å². The number of rotatable bonds is 0. The van der Waals surface area contributed by atoms with Crippen LogP contribution in [0.1, 0.15) is 0 Å². The number of hydrogen-bond donors (Lipinski definition) is 3. The van der Waals surface area contributed by atoms with Crippen LogP contribution in [0.15, 0.2) is 0 Å². The molecule has 0 amide bonds. The van der Waals surface area contributed by atoms with E-state index in [2.05, 4.69) is 0 Å². The zero-order valence-electron chi connectivity index (χ0n) is 6.50. The minimum atomic E-state index is -4.64. The molecule has 0 aliphatic rings. The van der Waals surface area contributed by atoms with Gasteiger partial charge in [0.25, 0.3) is 0 Å². The zero-order valence-corrected chi connectivity index (χ0v) is 13.4. The Morgan fingerprint density at radius 3 is 0.833 bits per heavy atom. The van der Waals surface area contributed by atoms with Crippen LogP contribution in [0.2, 0.25) is 0 Å². The van der Waals surface area contributed by atoms with E-state index in [1.165, 1.54) is 0 Å². The Morgan fingerprint density at radius 2 is 0.833 bits per heavy atom. The monoisotopic (exact) mass is 312 g/mol. The van der Waals surface area contributed by atoms with Crippen molar-refractivity contribution in [2.45, 2.75) is 0 Å². The van der Waals surface area contributed by atoms with Gasteiger partial charge in [0.15, 0.2) is 0 Å². The molecule has 70 valence electrons. The summed E-state index contributed by atoms with van der Waals surface area (Å²) in [5.41, 5.74) is 0. The Labute approximate surface area is 127 Å². The molecule has 0 saturated carbocycles. The van der Waals surface area contributed by atoms with Gasteiger partial charge in [0, 0.05) is 21.1 Å². The largest absolute Gasteiger partial charge is 1.00 e. The number of hydrogen-bond acceptors (Lipinski definition) is 3. The standard InChI is InChI=1S/Mo.2Na.H3O4P.4H2O/c;;;1-5(2,3)4;;;;/h;;;(H3,1,2,3,4);4*1H2/q;2*+1;;;;;/p-2. The van der Waals surface area contributed by atoms with Crippen molar-refractivity contribution in [1.29, 1.82) is 0 Å². The van der Waals surface area contributed by atoms with Crippen LogP contribution < -0.4 is 59.1 Å². The Balaban J connectivity index is -0.00000000381. The van der Waals surface area contributed by atoms with Gasteiger partial charge in [0.2, 0.25) is 0 Å². The van der Waals surface area contributed by atoms with Crippen molar-refractivity contribution < 1.29 is 121 Å². The van der Waals surface area contributed by atoms with Gasteiger partial charge >= 0.3 is 66.9 Å². The molecule has 0 aromatic carbocycles. The minimum Gasteiger partial charge on any atom is -0.870 e. The van der Waals surface area contributed by atoms with Crippen molar-refractivity contribution in [3.05, 3.63) is 0 Å². The average molecular weight is 310 g/mol. The van der Waals surface area contributed by atoms with Gasteiger partial charge in [-0.2, -0.15) is 0 Å². The third kappa shape index (κ3) is 246. The summed E-state index contributed by atoms with van der Waals surface area (Å²) < 4.78 is 8.88. The van der Waals surface area contributed by atoms with E-state index < -0.39 is 7.82 Å². The first-order valence-electron chi connectivity index (χ1n) is 0.783. The summed E-state index contributed by atoms with van der Waals surface area (Å²) >= 11 is 0. The van der Waals surface area contributed by atoms with Gasteiger partial charge in [0.1, 0.15) is 0 Å². The summed E-state index contributed by atoms with van der Waals surface area (Å²) in [6.45, 7) is 0. The quantitative estimate of drug-likeness (QED) is 0.292. The van der Waals surface area contributed by atoms with Gasteiger partial charge in [-0.25, -0.2) is 4.57 Å². The molecule has 0 saturated heterocycles. The molecule has 0 heterocycles. The van der Waals surface area contributed by atoms with E-state index in [9.17, 15) is 0 Å². The van der Waals surface area contributed by atoms with E-state index in [4.69, 9.17) is 19.2 Å². The van der Waals surface area contributed by atoms with Crippen molar-refractivity contribution in [1.82, 2.24) is 0 Å². The summed E-state index contributed by atoms with van der Waals surface area (Å²) in [6, 6.07) is 0. The molecule has 0 aliphatic carbocycles. The van der Waals surface area contributed by atoms with Crippen LogP contribution in [0.4, 0.5) is 0 Å². The number of phosphoric acid groups is 1. The van der Waals surface area contributed by atoms with Gasteiger partial charge in [0.05, 0.1) is 0 Å². The molecule has 0 rings (SSSR count). The fourth-order valence-corrected chi connectivity index (χ4v) is 0. The summed E-state index contributed by atoms with van der Waals surface area (Å²) in [7, 11) is -4.64. The Morgan fingerprint density at radius 1 is 0.833 bits per heavy atom. The summed E-state index contributed by atoms with van der Waals surface area (Å²) in [5.74, 6) is 0. The Bertz CT molecular complexity index is 63.2. The molecule has 9 N–H and O–H groups in total. The second-order valence-corrected chi connectivity index (χ2v) is 1.54. The van der Waals surface area contributed by atoms with Gasteiger partial charge in [-0.3, -0.25) is 0 Å². The van der Waals surface area contributed by atoms with E-state index in [-0.39, 0.29) is 102 Å². The average Bonchev–Trinajstić information content (AvgIpc) is 0.722. The van der Waals surface area contributed by atoms with Crippen molar-refractivity contribution in [3.8, 4) is 0 Å². The molecular formula is H9MoNa2O8P. The first kappa shape index (κ1) is 61.8. The van der Waals surface area contributed by atoms with E-state index in [1.807, 2.05) is 0 Å². The fourth-order valence-electron chi connectivity index (χ4n) is 0. The molecule has 0 radical (unpaired) electrons. The van der Waals surface area contributed by atoms with Crippen LogP contribution >= 0.6 is 7.82 Å². The van der Waals surface area contributed by atoms with E-state index in [0.717, 1.165) is 0 Å². The van der Waals surface area contributed by atoms with Crippen LogP contribution in [0, 0.1) is 0 Å². The summed E-state index contributed by atoms with van der Waals surface area (Å²) in [6.07, 6.45) is 0. The first-order valence-corrected chi connectivity index (χ1v) is 2.35. The molecule has 12 heavy (non-hydrogen) atoms. The van der Waals surface area contributed by atoms with Crippen molar-refractivity contribution in [3.63, 3.8) is 0 Å². The SMILES string of the molecule is O.O.O=P(O)(O)O.[Mo].[Na+].[Na+].[OH-].[OH-]. The second kappa shape index (κ2) is 29.2. The third-order valence-electron chi connectivity index (χ3n) is 0. The van der Waals surface area contributed by atoms with Gasteiger partial charge < -0.3 is 36.6 Å². The first-order chi connectivity index (χ1) is 2.00. The molecule has 0 unspecified atom stereocenters. The molecule has 12 heteroatoms. The predicted octanol–water partition coefficient (Wildman–Crippen LogP) is -8.93. The zero-order chi connectivity index (χ0) is 4.50. The topological polar surface area (TPSA) is 201 Å². The molecule has 0 spiro atoms. The summed E-state index contributed by atoms with van der Waals surface area (Å²) in [4.78, 5) is 21.6. The Hall–Kier alpha value is 2.64. The van der Waals surface area contributed by atoms with Crippen molar-refractivity contribution in [2.75, 3.05) is 0 Å². The minimum absolute atomic E-state index is 0. The molecule has 0 aromatic heterocycles. The molecule has 0 aromatic rings. The molecule has 0 aliphatic heterocycles. The van der Waals surface area contributed by atoms with Gasteiger partial charge in [-0.1, -0.05) is 0 Å². The molecule has 0 bridgehead atoms. The molecule has 0 atom stereocenters. The maximum atomic E-state index is 8.88. The Kier molecular flexibility index (Phi) is 150. The van der Waals surface area contributed by atoms with Crippen molar-refractivity contribution in [2.24, 2.45) is 0 Å². The summed E-state index contributed by atoms with van der Waals surface area (Å²) in [5, 5.41) is 0. The third-order valence-corrected chi connectivity index (χ3v) is 0. The maximum Gasteiger partial charge on any atom is 1.00 e. The van der Waals surface area contributed by atoms with Gasteiger partial charge in [-0.05, 0) is 0 Å². The van der Waals surface area contributed by atoms with Crippen LogP contribution in [0.3, 0.4) is 0 Å². The van der Waals surface area contributed by atoms with Crippen LogP contribution in [0.5, 0.6) is 0 Å². The van der Waals surface area contributed by atoms with Crippen LogP contribution in [0.25, 0.3) is 0 Å². The maximum absolute atomic E-state index is 8.88. The smallest absolute Gasteiger partial charge is 0.870 e. The molecular weight excluding hydrogens is 301 g/mol.